The number of fused-ring (bicyclic) bond motifs is 1. The number of benzene rings is 1. The van der Waals surface area contributed by atoms with Crippen molar-refractivity contribution < 1.29 is 4.79 Å². The molecular weight excluding hydrogens is 397 g/mol. The Bertz CT molecular complexity index is 853. The minimum atomic E-state index is -0.392. The fourth-order valence-electron chi connectivity index (χ4n) is 1.79. The second kappa shape index (κ2) is 5.88. The maximum absolute atomic E-state index is 12.4. The first-order valence-electron chi connectivity index (χ1n) is 5.70. The number of halogens is 3. The molecule has 0 radical (unpaired) electrons. The molecule has 1 N–H and O–H groups in total. The van der Waals surface area contributed by atoms with E-state index >= 15 is 0 Å². The Hall–Kier alpha value is -1.21. The smallest absolute Gasteiger partial charge is 0.258 e. The Morgan fingerprint density at radius 2 is 2.10 bits per heavy atom. The fourth-order valence-corrected chi connectivity index (χ4v) is 3.19. The van der Waals surface area contributed by atoms with Gasteiger partial charge in [0.05, 0.1) is 26.5 Å². The van der Waals surface area contributed by atoms with Crippen LogP contribution in [0.1, 0.15) is 10.4 Å². The lowest BCUT2D eigenvalue weighted by Crippen LogP contribution is -2.13. The summed E-state index contributed by atoms with van der Waals surface area (Å²) in [4.78, 5) is 20.5. The van der Waals surface area contributed by atoms with Crippen LogP contribution in [0.25, 0.3) is 10.2 Å². The molecule has 3 aromatic rings. The summed E-state index contributed by atoms with van der Waals surface area (Å²) in [7, 11) is 0. The zero-order chi connectivity index (χ0) is 15.0. The minimum absolute atomic E-state index is 0.122. The highest BCUT2D eigenvalue weighted by molar-refractivity contribution is 9.10. The summed E-state index contributed by atoms with van der Waals surface area (Å²) in [6.07, 6.45) is 1.52. The van der Waals surface area contributed by atoms with Crippen molar-refractivity contribution in [3.8, 4) is 0 Å². The second-order valence-corrected chi connectivity index (χ2v) is 6.63. The third-order valence-electron chi connectivity index (χ3n) is 2.74. The van der Waals surface area contributed by atoms with E-state index in [4.69, 9.17) is 23.2 Å². The van der Waals surface area contributed by atoms with Crippen LogP contribution in [-0.4, -0.2) is 15.9 Å². The molecule has 3 rings (SSSR count). The molecule has 1 amide bonds. The summed E-state index contributed by atoms with van der Waals surface area (Å²) in [5.41, 5.74) is 3.08. The van der Waals surface area contributed by atoms with Crippen molar-refractivity contribution in [2.24, 2.45) is 0 Å². The number of thiazole rings is 1. The van der Waals surface area contributed by atoms with Gasteiger partial charge in [0.25, 0.3) is 5.91 Å². The Morgan fingerprint density at radius 1 is 1.29 bits per heavy atom. The van der Waals surface area contributed by atoms with Gasteiger partial charge >= 0.3 is 0 Å². The lowest BCUT2D eigenvalue weighted by molar-refractivity contribution is 0.102. The molecule has 0 saturated heterocycles. The van der Waals surface area contributed by atoms with E-state index in [1.165, 1.54) is 17.5 Å². The summed E-state index contributed by atoms with van der Waals surface area (Å²) in [5, 5.41) is 3.29. The Kier molecular flexibility index (Phi) is 4.12. The Morgan fingerprint density at radius 3 is 2.90 bits per heavy atom. The Balaban J connectivity index is 2.02. The van der Waals surface area contributed by atoms with Crippen LogP contribution in [-0.2, 0) is 0 Å². The van der Waals surface area contributed by atoms with Crippen LogP contribution in [0.2, 0.25) is 10.2 Å². The number of carbonyl (C=O) groups excluding carboxylic acids is 1. The molecule has 0 aliphatic rings. The van der Waals surface area contributed by atoms with Gasteiger partial charge in [0.1, 0.15) is 10.7 Å². The monoisotopic (exact) mass is 401 g/mol. The number of hydrogen-bond donors (Lipinski definition) is 1. The van der Waals surface area contributed by atoms with Crippen LogP contribution in [0.4, 0.5) is 5.69 Å². The first-order chi connectivity index (χ1) is 10.1. The van der Waals surface area contributed by atoms with Crippen molar-refractivity contribution in [3.63, 3.8) is 0 Å². The standard InChI is InChI=1S/C13H6BrCl2N3OS/c14-6-3-7(12(16)17-4-6)13(20)19-10-8(15)1-2-9-11(10)18-5-21-9/h1-5H,(H,19,20). The highest BCUT2D eigenvalue weighted by atomic mass is 79.9. The van der Waals surface area contributed by atoms with E-state index in [-0.39, 0.29) is 10.7 Å². The van der Waals surface area contributed by atoms with Crippen LogP contribution in [0, 0.1) is 0 Å². The summed E-state index contributed by atoms with van der Waals surface area (Å²) >= 11 is 16.8. The van der Waals surface area contributed by atoms with Gasteiger partial charge in [-0.15, -0.1) is 11.3 Å². The molecule has 1 aromatic carbocycles. The van der Waals surface area contributed by atoms with Crippen LogP contribution in [0.15, 0.2) is 34.4 Å². The summed E-state index contributed by atoms with van der Waals surface area (Å²) in [5.74, 6) is -0.392. The molecule has 0 bridgehead atoms. The molecule has 0 spiro atoms. The van der Waals surface area contributed by atoms with Crippen molar-refractivity contribution in [2.45, 2.75) is 0 Å². The lowest BCUT2D eigenvalue weighted by Gasteiger charge is -2.09. The molecule has 8 heteroatoms. The van der Waals surface area contributed by atoms with Crippen LogP contribution in [0.3, 0.4) is 0 Å². The van der Waals surface area contributed by atoms with E-state index < -0.39 is 5.91 Å². The fraction of sp³-hybridized carbons (Fsp3) is 0. The van der Waals surface area contributed by atoms with Gasteiger partial charge in [-0.25, -0.2) is 9.97 Å². The van der Waals surface area contributed by atoms with Gasteiger partial charge in [0.2, 0.25) is 0 Å². The molecule has 0 unspecified atom stereocenters. The van der Waals surface area contributed by atoms with Gasteiger partial charge in [0, 0.05) is 10.7 Å². The predicted molar refractivity (Wildman–Crippen MR) is 89.5 cm³/mol. The van der Waals surface area contributed by atoms with Crippen LogP contribution in [0.5, 0.6) is 0 Å². The molecule has 21 heavy (non-hydrogen) atoms. The predicted octanol–water partition coefficient (Wildman–Crippen LogP) is 5.01. The number of anilines is 1. The first-order valence-corrected chi connectivity index (χ1v) is 8.13. The molecule has 4 nitrogen and oxygen atoms in total. The quantitative estimate of drug-likeness (QED) is 0.612. The number of amides is 1. The number of pyridine rings is 1. The summed E-state index contributed by atoms with van der Waals surface area (Å²) in [6, 6.07) is 5.18. The molecule has 2 aromatic heterocycles. The van der Waals surface area contributed by atoms with Crippen molar-refractivity contribution in [1.29, 1.82) is 0 Å². The molecule has 106 valence electrons. The zero-order valence-corrected chi connectivity index (χ0v) is 14.1. The third-order valence-corrected chi connectivity index (χ3v) is 4.58. The van der Waals surface area contributed by atoms with E-state index in [1.807, 2.05) is 6.07 Å². The normalized spacial score (nSPS) is 10.8. The second-order valence-electron chi connectivity index (χ2n) is 4.07. The number of nitrogens with zero attached hydrogens (tertiary/aromatic N) is 2. The van der Waals surface area contributed by atoms with Crippen molar-refractivity contribution in [3.05, 3.63) is 50.1 Å². The van der Waals surface area contributed by atoms with E-state index in [9.17, 15) is 4.79 Å². The summed E-state index contributed by atoms with van der Waals surface area (Å²) in [6.45, 7) is 0. The number of nitrogens with one attached hydrogen (secondary N) is 1. The van der Waals surface area contributed by atoms with E-state index in [0.717, 1.165) is 4.70 Å². The first kappa shape index (κ1) is 14.7. The highest BCUT2D eigenvalue weighted by Crippen LogP contribution is 2.33. The largest absolute Gasteiger partial charge is 0.319 e. The maximum atomic E-state index is 12.4. The third kappa shape index (κ3) is 2.89. The number of aromatic nitrogens is 2. The SMILES string of the molecule is O=C(Nc1c(Cl)ccc2scnc12)c1cc(Br)cnc1Cl. The van der Waals surface area contributed by atoms with Gasteiger partial charge in [-0.3, -0.25) is 4.79 Å². The lowest BCUT2D eigenvalue weighted by atomic mass is 10.2. The number of hydrogen-bond acceptors (Lipinski definition) is 4. The molecule has 0 saturated carbocycles. The van der Waals surface area contributed by atoms with Gasteiger partial charge in [-0.2, -0.15) is 0 Å². The average molecular weight is 403 g/mol. The summed E-state index contributed by atoms with van der Waals surface area (Å²) < 4.78 is 1.60. The zero-order valence-electron chi connectivity index (χ0n) is 10.2. The van der Waals surface area contributed by atoms with E-state index in [2.05, 4.69) is 31.2 Å². The minimum Gasteiger partial charge on any atom is -0.319 e. The molecule has 0 aliphatic carbocycles. The van der Waals surface area contributed by atoms with Crippen molar-refractivity contribution in [1.82, 2.24) is 9.97 Å². The van der Waals surface area contributed by atoms with Gasteiger partial charge in [-0.1, -0.05) is 23.2 Å². The topological polar surface area (TPSA) is 54.9 Å². The van der Waals surface area contributed by atoms with Crippen molar-refractivity contribution >= 4 is 72.3 Å². The average Bonchev–Trinajstić information content (AvgIpc) is 2.93. The molecule has 2 heterocycles. The van der Waals surface area contributed by atoms with Crippen LogP contribution >= 0.6 is 50.5 Å². The Labute approximate surface area is 142 Å². The van der Waals surface area contributed by atoms with E-state index in [1.54, 1.807) is 17.6 Å². The van der Waals surface area contributed by atoms with Gasteiger partial charge < -0.3 is 5.32 Å². The van der Waals surface area contributed by atoms with E-state index in [0.29, 0.717) is 20.7 Å². The van der Waals surface area contributed by atoms with Crippen LogP contribution < -0.4 is 5.32 Å². The molecular formula is C13H6BrCl2N3OS. The van der Waals surface area contributed by atoms with Gasteiger partial charge in [0.15, 0.2) is 0 Å². The maximum Gasteiger partial charge on any atom is 0.258 e. The number of carbonyl (C=O) groups is 1. The molecule has 0 fully saturated rings. The number of rotatable bonds is 2. The van der Waals surface area contributed by atoms with Gasteiger partial charge in [-0.05, 0) is 34.1 Å². The van der Waals surface area contributed by atoms with Crippen molar-refractivity contribution in [2.75, 3.05) is 5.32 Å². The molecule has 0 atom stereocenters. The highest BCUT2D eigenvalue weighted by Gasteiger charge is 2.16. The molecule has 0 aliphatic heterocycles.